The fourth-order valence-electron chi connectivity index (χ4n) is 4.52. The Bertz CT molecular complexity index is 1030. The maximum atomic E-state index is 12.7. The molecule has 0 aromatic carbocycles. The number of carbonyl (C=O) groups excluding carboxylic acids is 2. The highest BCUT2D eigenvalue weighted by molar-refractivity contribution is 5.88. The number of nitrogens with one attached hydrogen (secondary N) is 1. The number of likely N-dealkylation sites (tertiary alicyclic amines) is 1. The molecule has 2 saturated heterocycles. The molecular formula is C25H40N8O4. The Labute approximate surface area is 217 Å². The summed E-state index contributed by atoms with van der Waals surface area (Å²) in [7, 11) is 0. The maximum absolute atomic E-state index is 12.7. The average molecular weight is 517 g/mol. The van der Waals surface area contributed by atoms with E-state index in [1.165, 1.54) is 4.57 Å². The molecule has 2 atom stereocenters. The third-order valence-electron chi connectivity index (χ3n) is 6.79. The van der Waals surface area contributed by atoms with Crippen molar-refractivity contribution in [3.05, 3.63) is 41.0 Å². The van der Waals surface area contributed by atoms with Crippen molar-refractivity contribution in [3.63, 3.8) is 0 Å². The molecule has 0 radical (unpaired) electrons. The van der Waals surface area contributed by atoms with Gasteiger partial charge in [0.05, 0.1) is 12.5 Å². The number of aliphatic hydroxyl groups is 1. The number of rotatable bonds is 10. The number of nitrogens with zero attached hydrogens (tertiary/aromatic N) is 5. The maximum Gasteiger partial charge on any atom is 0.354 e. The summed E-state index contributed by atoms with van der Waals surface area (Å²) < 4.78 is 1.44. The van der Waals surface area contributed by atoms with E-state index in [1.807, 2.05) is 25.2 Å². The molecule has 2 fully saturated rings. The molecule has 0 bridgehead atoms. The summed E-state index contributed by atoms with van der Waals surface area (Å²) in [4.78, 5) is 47.2. The number of piperazine rings is 1. The average Bonchev–Trinajstić information content (AvgIpc) is 3.32. The standard InChI is InChI=1S/C25H40N8O4/c1-2-21(6-4-3-5-9-30-10-7-20(27)17-30)33-11-8-22(29-25(33)37)28-24(36)32-14-12-31(13-15-32)23(35)19(16-26)18-34/h2,4,6,8,11,19-20,34H,3,5,7,9-10,12-18,26-27H2,1H3,(H,28,29,36,37)/b6-4-,21-2+/t19?,20-/m1/s1. The molecule has 0 spiro atoms. The number of amides is 3. The molecule has 1 aromatic heterocycles. The summed E-state index contributed by atoms with van der Waals surface area (Å²) in [6.07, 6.45) is 10.4. The topological polar surface area (TPSA) is 163 Å². The minimum Gasteiger partial charge on any atom is -0.395 e. The molecule has 3 amide bonds. The van der Waals surface area contributed by atoms with Crippen LogP contribution in [0, 0.1) is 5.92 Å². The number of anilines is 1. The monoisotopic (exact) mass is 516 g/mol. The second-order valence-corrected chi connectivity index (χ2v) is 9.43. The van der Waals surface area contributed by atoms with Crippen molar-refractivity contribution in [2.75, 3.05) is 64.3 Å². The van der Waals surface area contributed by atoms with E-state index < -0.39 is 11.6 Å². The van der Waals surface area contributed by atoms with Crippen LogP contribution in [0.15, 0.2) is 35.3 Å². The van der Waals surface area contributed by atoms with E-state index in [-0.39, 0.29) is 30.9 Å². The number of aliphatic hydroxyl groups excluding tert-OH is 1. The van der Waals surface area contributed by atoms with E-state index in [4.69, 9.17) is 11.5 Å². The molecular weight excluding hydrogens is 476 g/mol. The zero-order chi connectivity index (χ0) is 26.8. The fraction of sp³-hybridized carbons (Fsp3) is 0.600. The number of hydrogen-bond donors (Lipinski definition) is 4. The quantitative estimate of drug-likeness (QED) is 0.244. The van der Waals surface area contributed by atoms with Crippen LogP contribution in [0.4, 0.5) is 10.6 Å². The van der Waals surface area contributed by atoms with Gasteiger partial charge in [0.25, 0.3) is 0 Å². The summed E-state index contributed by atoms with van der Waals surface area (Å²) in [6.45, 7) is 6.02. The van der Waals surface area contributed by atoms with Gasteiger partial charge in [-0.25, -0.2) is 9.59 Å². The Morgan fingerprint density at radius 1 is 1.24 bits per heavy atom. The smallest absolute Gasteiger partial charge is 0.354 e. The number of allylic oxidation sites excluding steroid dienone is 4. The van der Waals surface area contributed by atoms with Crippen molar-refractivity contribution in [2.24, 2.45) is 17.4 Å². The number of aromatic nitrogens is 2. The minimum atomic E-state index is -0.623. The number of carbonyl (C=O) groups is 2. The van der Waals surface area contributed by atoms with Gasteiger partial charge in [0, 0.05) is 57.2 Å². The summed E-state index contributed by atoms with van der Waals surface area (Å²) in [6, 6.07) is 1.49. The third-order valence-corrected chi connectivity index (χ3v) is 6.79. The van der Waals surface area contributed by atoms with Crippen molar-refractivity contribution in [1.82, 2.24) is 24.3 Å². The summed E-state index contributed by atoms with van der Waals surface area (Å²) in [5, 5.41) is 11.9. The van der Waals surface area contributed by atoms with Gasteiger partial charge in [-0.1, -0.05) is 12.2 Å². The van der Waals surface area contributed by atoms with Crippen LogP contribution in [0.3, 0.4) is 0 Å². The number of hydrogen-bond acceptors (Lipinski definition) is 8. The molecule has 204 valence electrons. The molecule has 12 nitrogen and oxygen atoms in total. The van der Waals surface area contributed by atoms with Gasteiger partial charge in [-0.15, -0.1) is 0 Å². The molecule has 2 aliphatic heterocycles. The molecule has 0 saturated carbocycles. The van der Waals surface area contributed by atoms with Gasteiger partial charge >= 0.3 is 11.7 Å². The molecule has 1 aromatic rings. The lowest BCUT2D eigenvalue weighted by Gasteiger charge is -2.35. The van der Waals surface area contributed by atoms with E-state index in [0.29, 0.717) is 37.9 Å². The molecule has 3 heterocycles. The highest BCUT2D eigenvalue weighted by Crippen LogP contribution is 2.12. The van der Waals surface area contributed by atoms with Gasteiger partial charge in [0.15, 0.2) is 0 Å². The zero-order valence-electron chi connectivity index (χ0n) is 21.6. The highest BCUT2D eigenvalue weighted by atomic mass is 16.3. The fourth-order valence-corrected chi connectivity index (χ4v) is 4.52. The number of urea groups is 1. The van der Waals surface area contributed by atoms with Crippen LogP contribution in [0.1, 0.15) is 26.2 Å². The second-order valence-electron chi connectivity index (χ2n) is 9.43. The first-order chi connectivity index (χ1) is 17.9. The molecule has 2 aliphatic rings. The number of unbranched alkanes of at least 4 members (excludes halogenated alkanes) is 1. The van der Waals surface area contributed by atoms with Crippen molar-refractivity contribution >= 4 is 23.5 Å². The lowest BCUT2D eigenvalue weighted by atomic mass is 10.1. The van der Waals surface area contributed by atoms with E-state index in [1.54, 1.807) is 22.1 Å². The van der Waals surface area contributed by atoms with Gasteiger partial charge in [-0.05, 0) is 51.4 Å². The van der Waals surface area contributed by atoms with Crippen LogP contribution in [0.2, 0.25) is 0 Å². The minimum absolute atomic E-state index is 0.0757. The van der Waals surface area contributed by atoms with Crippen molar-refractivity contribution in [3.8, 4) is 0 Å². The Morgan fingerprint density at radius 3 is 2.57 bits per heavy atom. The molecule has 3 rings (SSSR count). The highest BCUT2D eigenvalue weighted by Gasteiger charge is 2.28. The Kier molecular flexibility index (Phi) is 10.8. The van der Waals surface area contributed by atoms with Crippen LogP contribution >= 0.6 is 0 Å². The lowest BCUT2D eigenvalue weighted by molar-refractivity contribution is -0.137. The first-order valence-corrected chi connectivity index (χ1v) is 12.9. The van der Waals surface area contributed by atoms with Crippen molar-refractivity contribution < 1.29 is 14.7 Å². The lowest BCUT2D eigenvalue weighted by Crippen LogP contribution is -2.54. The van der Waals surface area contributed by atoms with Gasteiger partial charge < -0.3 is 31.3 Å². The Morgan fingerprint density at radius 2 is 1.97 bits per heavy atom. The number of nitrogens with two attached hydrogens (primary N) is 2. The van der Waals surface area contributed by atoms with Gasteiger partial charge in [0.1, 0.15) is 5.82 Å². The van der Waals surface area contributed by atoms with Crippen LogP contribution < -0.4 is 22.5 Å². The molecule has 0 aliphatic carbocycles. The third kappa shape index (κ3) is 7.96. The predicted octanol–water partition coefficient (Wildman–Crippen LogP) is -0.283. The first kappa shape index (κ1) is 28.5. The van der Waals surface area contributed by atoms with Crippen LogP contribution in [-0.2, 0) is 4.79 Å². The Hall–Kier alpha value is -3.06. The summed E-state index contributed by atoms with van der Waals surface area (Å²) in [5.74, 6) is -0.667. The first-order valence-electron chi connectivity index (χ1n) is 12.9. The summed E-state index contributed by atoms with van der Waals surface area (Å²) >= 11 is 0. The summed E-state index contributed by atoms with van der Waals surface area (Å²) in [5.41, 5.74) is 11.7. The molecule has 12 heteroatoms. The van der Waals surface area contributed by atoms with E-state index in [0.717, 1.165) is 38.9 Å². The van der Waals surface area contributed by atoms with Crippen LogP contribution in [-0.4, -0.2) is 106 Å². The predicted molar refractivity (Wildman–Crippen MR) is 143 cm³/mol. The van der Waals surface area contributed by atoms with Crippen LogP contribution in [0.25, 0.3) is 5.70 Å². The molecule has 1 unspecified atom stereocenters. The molecule has 6 N–H and O–H groups in total. The van der Waals surface area contributed by atoms with Crippen molar-refractivity contribution in [1.29, 1.82) is 0 Å². The van der Waals surface area contributed by atoms with E-state index >= 15 is 0 Å². The second kappa shape index (κ2) is 14.0. The van der Waals surface area contributed by atoms with E-state index in [9.17, 15) is 19.5 Å². The normalized spacial score (nSPS) is 20.0. The van der Waals surface area contributed by atoms with Crippen molar-refractivity contribution in [2.45, 2.75) is 32.2 Å². The van der Waals surface area contributed by atoms with Gasteiger partial charge in [-0.3, -0.25) is 14.7 Å². The van der Waals surface area contributed by atoms with Crippen LogP contribution in [0.5, 0.6) is 0 Å². The molecule has 37 heavy (non-hydrogen) atoms. The Balaban J connectivity index is 1.48. The van der Waals surface area contributed by atoms with Gasteiger partial charge in [0.2, 0.25) is 5.91 Å². The van der Waals surface area contributed by atoms with E-state index in [2.05, 4.69) is 15.2 Å². The largest absolute Gasteiger partial charge is 0.395 e. The van der Waals surface area contributed by atoms with Gasteiger partial charge in [-0.2, -0.15) is 4.98 Å². The zero-order valence-corrected chi connectivity index (χ0v) is 21.6. The SMILES string of the molecule is C/C=C(\C=C/CCCN1CC[C@@H](N)C1)n1ccc(NC(=O)N2CCN(C(=O)C(CN)CO)CC2)nc1=O.